The Labute approximate surface area is 131 Å². The van der Waals surface area contributed by atoms with Crippen LogP contribution >= 0.6 is 0 Å². The molecule has 22 heavy (non-hydrogen) atoms. The Morgan fingerprint density at radius 3 is 2.82 bits per heavy atom. The zero-order valence-corrected chi connectivity index (χ0v) is 13.1. The highest BCUT2D eigenvalue weighted by molar-refractivity contribution is 5.92. The number of phenolic OH excluding ortho intramolecular Hbond substituents is 1. The normalized spacial score (nSPS) is 12.5. The van der Waals surface area contributed by atoms with Gasteiger partial charge in [0.05, 0.1) is 11.2 Å². The lowest BCUT2D eigenvalue weighted by Crippen LogP contribution is -2.32. The molecular formula is C17H25N3O2. The van der Waals surface area contributed by atoms with Gasteiger partial charge in [-0.2, -0.15) is 0 Å². The molecule has 0 spiro atoms. The summed E-state index contributed by atoms with van der Waals surface area (Å²) in [5.41, 5.74) is 1.65. The number of hydrogen-bond acceptors (Lipinski definition) is 5. The third-order valence-corrected chi connectivity index (χ3v) is 4.14. The number of aromatic hydroxyl groups is 1. The van der Waals surface area contributed by atoms with Crippen molar-refractivity contribution >= 4 is 16.6 Å². The van der Waals surface area contributed by atoms with Crippen LogP contribution < -0.4 is 10.9 Å². The molecule has 2 aromatic rings. The number of aromatic nitrogens is 1. The van der Waals surface area contributed by atoms with Crippen LogP contribution in [0.2, 0.25) is 0 Å². The molecule has 1 heterocycles. The lowest BCUT2D eigenvalue weighted by atomic mass is 9.97. The first kappa shape index (κ1) is 16.5. The van der Waals surface area contributed by atoms with E-state index in [1.54, 1.807) is 23.3 Å². The van der Waals surface area contributed by atoms with Crippen LogP contribution in [0.3, 0.4) is 0 Å². The number of pyridine rings is 1. The molecule has 1 atom stereocenters. The second-order valence-corrected chi connectivity index (χ2v) is 5.65. The average Bonchev–Trinajstić information content (AvgIpc) is 2.53. The molecule has 1 aromatic carbocycles. The second kappa shape index (κ2) is 7.96. The summed E-state index contributed by atoms with van der Waals surface area (Å²) in [6.07, 6.45) is 5.70. The van der Waals surface area contributed by atoms with E-state index in [1.165, 1.54) is 0 Å². The predicted molar refractivity (Wildman–Crippen MR) is 89.7 cm³/mol. The number of hydrogen-bond donors (Lipinski definition) is 3. The zero-order valence-electron chi connectivity index (χ0n) is 13.1. The largest absolute Gasteiger partial charge is 0.508 e. The molecule has 0 radical (unpaired) electrons. The van der Waals surface area contributed by atoms with Crippen molar-refractivity contribution in [3.05, 3.63) is 30.5 Å². The number of aliphatic hydroxyl groups is 1. The lowest BCUT2D eigenvalue weighted by molar-refractivity contribution is 0.248. The number of anilines is 1. The smallest absolute Gasteiger partial charge is 0.117 e. The summed E-state index contributed by atoms with van der Waals surface area (Å²) in [4.78, 5) is 4.26. The van der Waals surface area contributed by atoms with Gasteiger partial charge in [-0.1, -0.05) is 13.3 Å². The van der Waals surface area contributed by atoms with Crippen LogP contribution in [0, 0.1) is 5.92 Å². The molecule has 0 fully saturated rings. The van der Waals surface area contributed by atoms with Crippen LogP contribution in [0.1, 0.15) is 32.6 Å². The molecule has 0 saturated carbocycles. The van der Waals surface area contributed by atoms with E-state index >= 15 is 0 Å². The molecule has 120 valence electrons. The molecule has 1 unspecified atom stereocenters. The van der Waals surface area contributed by atoms with Gasteiger partial charge in [0.25, 0.3) is 0 Å². The topological polar surface area (TPSA) is 82.6 Å². The maximum Gasteiger partial charge on any atom is 0.117 e. The van der Waals surface area contributed by atoms with E-state index < -0.39 is 0 Å². The zero-order chi connectivity index (χ0) is 15.9. The molecule has 4 N–H and O–H groups in total. The number of nitrogens with two attached hydrogens (primary N) is 1. The van der Waals surface area contributed by atoms with Crippen molar-refractivity contribution in [2.75, 3.05) is 18.2 Å². The quantitative estimate of drug-likeness (QED) is 0.516. The number of benzene rings is 1. The van der Waals surface area contributed by atoms with E-state index in [0.29, 0.717) is 5.92 Å². The maximum absolute atomic E-state index is 9.53. The summed E-state index contributed by atoms with van der Waals surface area (Å²) in [5, 5.41) is 21.2. The van der Waals surface area contributed by atoms with Gasteiger partial charge in [0.1, 0.15) is 5.75 Å². The lowest BCUT2D eigenvalue weighted by Gasteiger charge is -2.21. The van der Waals surface area contributed by atoms with Gasteiger partial charge in [0, 0.05) is 30.8 Å². The van der Waals surface area contributed by atoms with Gasteiger partial charge in [-0.15, -0.1) is 0 Å². The van der Waals surface area contributed by atoms with Crippen LogP contribution in [-0.4, -0.2) is 28.3 Å². The van der Waals surface area contributed by atoms with Crippen molar-refractivity contribution < 1.29 is 10.2 Å². The Hall–Kier alpha value is -1.85. The van der Waals surface area contributed by atoms with Crippen LogP contribution in [0.4, 0.5) is 5.69 Å². The van der Waals surface area contributed by atoms with Crippen molar-refractivity contribution in [2.45, 2.75) is 32.6 Å². The van der Waals surface area contributed by atoms with Crippen LogP contribution in [0.5, 0.6) is 5.75 Å². The molecule has 1 aromatic heterocycles. The number of phenols is 1. The Morgan fingerprint density at radius 1 is 1.27 bits per heavy atom. The van der Waals surface area contributed by atoms with Gasteiger partial charge in [-0.25, -0.2) is 5.84 Å². The maximum atomic E-state index is 9.53. The standard InChI is InChI=1S/C17H25N3O2/c1-2-13(8-11-21)4-3-10-20(18)17-7-9-19-16-12-14(22)5-6-15(16)17/h5-7,9,12-13,21-22H,2-4,8,10-11,18H2,1H3. The van der Waals surface area contributed by atoms with Crippen molar-refractivity contribution in [2.24, 2.45) is 11.8 Å². The molecule has 5 heteroatoms. The predicted octanol–water partition coefficient (Wildman–Crippen LogP) is 2.81. The minimum Gasteiger partial charge on any atom is -0.508 e. The van der Waals surface area contributed by atoms with E-state index in [9.17, 15) is 5.11 Å². The monoisotopic (exact) mass is 303 g/mol. The van der Waals surface area contributed by atoms with Crippen LogP contribution in [0.15, 0.2) is 30.5 Å². The molecule has 0 bridgehead atoms. The van der Waals surface area contributed by atoms with Gasteiger partial charge in [-0.05, 0) is 43.4 Å². The van der Waals surface area contributed by atoms with Crippen LogP contribution in [-0.2, 0) is 0 Å². The van der Waals surface area contributed by atoms with Crippen molar-refractivity contribution in [1.29, 1.82) is 0 Å². The van der Waals surface area contributed by atoms with E-state index in [2.05, 4.69) is 11.9 Å². The fourth-order valence-electron chi connectivity index (χ4n) is 2.78. The van der Waals surface area contributed by atoms with Crippen molar-refractivity contribution in [1.82, 2.24) is 4.98 Å². The van der Waals surface area contributed by atoms with Gasteiger partial charge in [0.15, 0.2) is 0 Å². The molecule has 0 aliphatic heterocycles. The number of aliphatic hydroxyl groups excluding tert-OH is 1. The molecule has 5 nitrogen and oxygen atoms in total. The molecule has 0 amide bonds. The highest BCUT2D eigenvalue weighted by Gasteiger charge is 2.10. The van der Waals surface area contributed by atoms with Crippen LogP contribution in [0.25, 0.3) is 10.9 Å². The molecular weight excluding hydrogens is 278 g/mol. The van der Waals surface area contributed by atoms with E-state index in [4.69, 9.17) is 10.9 Å². The highest BCUT2D eigenvalue weighted by atomic mass is 16.3. The first-order chi connectivity index (χ1) is 10.7. The van der Waals surface area contributed by atoms with E-state index in [-0.39, 0.29) is 12.4 Å². The second-order valence-electron chi connectivity index (χ2n) is 5.65. The number of nitrogens with zero attached hydrogens (tertiary/aromatic N) is 2. The fourth-order valence-corrected chi connectivity index (χ4v) is 2.78. The van der Waals surface area contributed by atoms with Gasteiger partial charge >= 0.3 is 0 Å². The third kappa shape index (κ3) is 4.08. The van der Waals surface area contributed by atoms with Gasteiger partial charge in [0.2, 0.25) is 0 Å². The Balaban J connectivity index is 2.02. The summed E-state index contributed by atoms with van der Waals surface area (Å²) in [5.74, 6) is 6.96. The number of hydrazine groups is 1. The molecule has 2 rings (SSSR count). The summed E-state index contributed by atoms with van der Waals surface area (Å²) in [7, 11) is 0. The third-order valence-electron chi connectivity index (χ3n) is 4.14. The molecule has 0 aliphatic rings. The first-order valence-electron chi connectivity index (χ1n) is 7.86. The van der Waals surface area contributed by atoms with E-state index in [1.807, 2.05) is 12.1 Å². The van der Waals surface area contributed by atoms with Gasteiger partial charge < -0.3 is 15.2 Å². The number of fused-ring (bicyclic) bond motifs is 1. The molecule has 0 saturated heterocycles. The summed E-state index contributed by atoms with van der Waals surface area (Å²) < 4.78 is 0. The number of rotatable bonds is 8. The van der Waals surface area contributed by atoms with E-state index in [0.717, 1.165) is 48.8 Å². The van der Waals surface area contributed by atoms with Crippen molar-refractivity contribution in [3.63, 3.8) is 0 Å². The Kier molecular flexibility index (Phi) is 5.98. The summed E-state index contributed by atoms with van der Waals surface area (Å²) in [6.45, 7) is 3.16. The van der Waals surface area contributed by atoms with Crippen molar-refractivity contribution in [3.8, 4) is 5.75 Å². The summed E-state index contributed by atoms with van der Waals surface area (Å²) in [6, 6.07) is 7.02. The Bertz CT molecular complexity index is 603. The fraction of sp³-hybridized carbons (Fsp3) is 0.471. The molecule has 0 aliphatic carbocycles. The minimum atomic E-state index is 0.204. The van der Waals surface area contributed by atoms with Gasteiger partial charge in [-0.3, -0.25) is 4.98 Å². The first-order valence-corrected chi connectivity index (χ1v) is 7.86. The SMILES string of the molecule is CCC(CCO)CCCN(N)c1ccnc2cc(O)ccc12. The highest BCUT2D eigenvalue weighted by Crippen LogP contribution is 2.27. The Morgan fingerprint density at radius 2 is 2.09 bits per heavy atom. The summed E-state index contributed by atoms with van der Waals surface area (Å²) >= 11 is 0. The minimum absolute atomic E-state index is 0.204. The average molecular weight is 303 g/mol.